The highest BCUT2D eigenvalue weighted by molar-refractivity contribution is 7.71. The fourth-order valence-electron chi connectivity index (χ4n) is 3.53. The Hall–Kier alpha value is -3.49. The van der Waals surface area contributed by atoms with Gasteiger partial charge in [0.15, 0.2) is 10.6 Å². The van der Waals surface area contributed by atoms with E-state index in [0.29, 0.717) is 17.1 Å². The van der Waals surface area contributed by atoms with Gasteiger partial charge in [-0.2, -0.15) is 5.10 Å². The van der Waals surface area contributed by atoms with Crippen molar-refractivity contribution in [3.63, 3.8) is 0 Å². The minimum atomic E-state index is -0.783. The Kier molecular flexibility index (Phi) is 6.63. The standard InChI is InChI=1S/C24H24N4O3S/c1-31-20-10-8-17(9-11-20)23-26-27-24(32)28(23)13-12-22(30)25-15-21(29)19-7-6-16-4-2-3-5-18(16)14-19/h2-11,14,21,29H,12-13,15H2,1H3,(H,25,30)(H,27,32). The topological polar surface area (TPSA) is 92.2 Å². The first-order valence-corrected chi connectivity index (χ1v) is 10.7. The van der Waals surface area contributed by atoms with E-state index in [2.05, 4.69) is 15.5 Å². The third-order valence-electron chi connectivity index (χ3n) is 5.32. The van der Waals surface area contributed by atoms with E-state index in [1.54, 1.807) is 11.7 Å². The lowest BCUT2D eigenvalue weighted by Crippen LogP contribution is -2.29. The lowest BCUT2D eigenvalue weighted by atomic mass is 10.0. The van der Waals surface area contributed by atoms with Gasteiger partial charge in [0.1, 0.15) is 5.75 Å². The third kappa shape index (κ3) is 4.87. The second kappa shape index (κ2) is 9.76. The van der Waals surface area contributed by atoms with Gasteiger partial charge in [-0.05, 0) is 58.9 Å². The summed E-state index contributed by atoms with van der Waals surface area (Å²) < 4.78 is 7.42. The smallest absolute Gasteiger partial charge is 0.221 e. The van der Waals surface area contributed by atoms with Crippen molar-refractivity contribution in [2.24, 2.45) is 0 Å². The maximum absolute atomic E-state index is 12.4. The monoisotopic (exact) mass is 448 g/mol. The van der Waals surface area contributed by atoms with Gasteiger partial charge in [-0.1, -0.05) is 36.4 Å². The van der Waals surface area contributed by atoms with Crippen LogP contribution in [0.5, 0.6) is 5.75 Å². The van der Waals surface area contributed by atoms with Crippen molar-refractivity contribution in [2.75, 3.05) is 13.7 Å². The SMILES string of the molecule is COc1ccc(-c2n[nH]c(=S)n2CCC(=O)NCC(O)c2ccc3ccccc3c2)cc1. The Balaban J connectivity index is 1.35. The number of rotatable bonds is 8. The minimum Gasteiger partial charge on any atom is -0.497 e. The number of nitrogens with one attached hydrogen (secondary N) is 2. The average molecular weight is 449 g/mol. The largest absolute Gasteiger partial charge is 0.497 e. The number of ether oxygens (including phenoxy) is 1. The number of aliphatic hydroxyl groups excluding tert-OH is 1. The van der Waals surface area contributed by atoms with Gasteiger partial charge in [-0.25, -0.2) is 0 Å². The fourth-order valence-corrected chi connectivity index (χ4v) is 3.75. The molecule has 0 fully saturated rings. The molecule has 3 aromatic carbocycles. The van der Waals surface area contributed by atoms with Gasteiger partial charge < -0.3 is 15.2 Å². The zero-order chi connectivity index (χ0) is 22.5. The number of aromatic nitrogens is 3. The summed E-state index contributed by atoms with van der Waals surface area (Å²) >= 11 is 5.33. The Labute approximate surface area is 190 Å². The van der Waals surface area contributed by atoms with Crippen molar-refractivity contribution in [1.82, 2.24) is 20.1 Å². The van der Waals surface area contributed by atoms with Gasteiger partial charge >= 0.3 is 0 Å². The lowest BCUT2D eigenvalue weighted by molar-refractivity contribution is -0.121. The number of hydrogen-bond acceptors (Lipinski definition) is 5. The molecule has 0 aliphatic carbocycles. The lowest BCUT2D eigenvalue weighted by Gasteiger charge is -2.13. The molecule has 4 aromatic rings. The van der Waals surface area contributed by atoms with Crippen LogP contribution >= 0.6 is 12.2 Å². The van der Waals surface area contributed by atoms with E-state index in [1.165, 1.54) is 0 Å². The third-order valence-corrected chi connectivity index (χ3v) is 5.63. The van der Waals surface area contributed by atoms with Gasteiger partial charge in [0, 0.05) is 25.1 Å². The molecule has 32 heavy (non-hydrogen) atoms. The highest BCUT2D eigenvalue weighted by atomic mass is 32.1. The molecule has 0 aliphatic rings. The van der Waals surface area contributed by atoms with Gasteiger partial charge in [0.2, 0.25) is 5.91 Å². The number of H-pyrrole nitrogens is 1. The van der Waals surface area contributed by atoms with Gasteiger partial charge in [-0.3, -0.25) is 14.5 Å². The number of aliphatic hydroxyl groups is 1. The van der Waals surface area contributed by atoms with Crippen LogP contribution in [-0.2, 0) is 11.3 Å². The number of hydrogen-bond donors (Lipinski definition) is 3. The molecule has 1 heterocycles. The van der Waals surface area contributed by atoms with Gasteiger partial charge in [-0.15, -0.1) is 0 Å². The van der Waals surface area contributed by atoms with Crippen LogP contribution in [0.1, 0.15) is 18.1 Å². The molecule has 8 heteroatoms. The zero-order valence-corrected chi connectivity index (χ0v) is 18.4. The molecule has 1 aromatic heterocycles. The summed E-state index contributed by atoms with van der Waals surface area (Å²) in [5.41, 5.74) is 1.63. The van der Waals surface area contributed by atoms with Gasteiger partial charge in [0.25, 0.3) is 0 Å². The summed E-state index contributed by atoms with van der Waals surface area (Å²) in [6.07, 6.45) is -0.573. The van der Waals surface area contributed by atoms with Crippen LogP contribution in [0.4, 0.5) is 0 Å². The second-order valence-corrected chi connectivity index (χ2v) is 7.80. The number of fused-ring (bicyclic) bond motifs is 1. The Morgan fingerprint density at radius 1 is 1.16 bits per heavy atom. The average Bonchev–Trinajstić information content (AvgIpc) is 3.21. The van der Waals surface area contributed by atoms with Gasteiger partial charge in [0.05, 0.1) is 13.2 Å². The predicted octanol–water partition coefficient (Wildman–Crippen LogP) is 4.01. The van der Waals surface area contributed by atoms with Crippen molar-refractivity contribution in [3.05, 3.63) is 77.1 Å². The molecular formula is C24H24N4O3S. The normalized spacial score (nSPS) is 11.9. The molecule has 1 unspecified atom stereocenters. The molecule has 0 saturated heterocycles. The number of carbonyl (C=O) groups excluding carboxylic acids is 1. The minimum absolute atomic E-state index is 0.138. The first-order valence-electron chi connectivity index (χ1n) is 10.3. The highest BCUT2D eigenvalue weighted by Crippen LogP contribution is 2.22. The van der Waals surface area contributed by atoms with Crippen LogP contribution in [0.15, 0.2) is 66.7 Å². The summed E-state index contributed by atoms with van der Waals surface area (Å²) in [5, 5.41) is 22.5. The van der Waals surface area contributed by atoms with E-state index in [1.807, 2.05) is 66.7 Å². The Bertz CT molecular complexity index is 1280. The van der Waals surface area contributed by atoms with E-state index in [9.17, 15) is 9.90 Å². The highest BCUT2D eigenvalue weighted by Gasteiger charge is 2.13. The molecule has 0 spiro atoms. The Morgan fingerprint density at radius 3 is 2.66 bits per heavy atom. The molecule has 164 valence electrons. The molecular weight excluding hydrogens is 424 g/mol. The number of amides is 1. The zero-order valence-electron chi connectivity index (χ0n) is 17.6. The van der Waals surface area contributed by atoms with Crippen molar-refractivity contribution in [3.8, 4) is 17.1 Å². The summed E-state index contributed by atoms with van der Waals surface area (Å²) in [7, 11) is 1.61. The van der Waals surface area contributed by atoms with E-state index in [4.69, 9.17) is 17.0 Å². The van der Waals surface area contributed by atoms with Crippen molar-refractivity contribution in [1.29, 1.82) is 0 Å². The predicted molar refractivity (Wildman–Crippen MR) is 126 cm³/mol. The van der Waals surface area contributed by atoms with E-state index in [0.717, 1.165) is 27.6 Å². The maximum Gasteiger partial charge on any atom is 0.221 e. The van der Waals surface area contributed by atoms with E-state index in [-0.39, 0.29) is 18.9 Å². The molecule has 0 aliphatic heterocycles. The summed E-state index contributed by atoms with van der Waals surface area (Å²) in [5.74, 6) is 1.23. The van der Waals surface area contributed by atoms with Crippen molar-refractivity contribution < 1.29 is 14.6 Å². The number of aromatic amines is 1. The number of methoxy groups -OCH3 is 1. The molecule has 4 rings (SSSR count). The fraction of sp³-hybridized carbons (Fsp3) is 0.208. The van der Waals surface area contributed by atoms with E-state index >= 15 is 0 Å². The van der Waals surface area contributed by atoms with Crippen LogP contribution in [0.3, 0.4) is 0 Å². The quantitative estimate of drug-likeness (QED) is 0.354. The van der Waals surface area contributed by atoms with E-state index < -0.39 is 6.10 Å². The first kappa shape index (κ1) is 21.7. The van der Waals surface area contributed by atoms with Crippen LogP contribution in [0.25, 0.3) is 22.2 Å². The molecule has 3 N–H and O–H groups in total. The van der Waals surface area contributed by atoms with Crippen LogP contribution in [-0.4, -0.2) is 39.4 Å². The van der Waals surface area contributed by atoms with Crippen molar-refractivity contribution in [2.45, 2.75) is 19.1 Å². The summed E-state index contributed by atoms with van der Waals surface area (Å²) in [4.78, 5) is 12.4. The molecule has 1 atom stereocenters. The molecule has 1 amide bonds. The van der Waals surface area contributed by atoms with Crippen LogP contribution < -0.4 is 10.1 Å². The Morgan fingerprint density at radius 2 is 1.91 bits per heavy atom. The number of carbonyl (C=O) groups is 1. The molecule has 0 radical (unpaired) electrons. The summed E-state index contributed by atoms with van der Waals surface area (Å²) in [6.45, 7) is 0.508. The first-order chi connectivity index (χ1) is 15.5. The molecule has 7 nitrogen and oxygen atoms in total. The maximum atomic E-state index is 12.4. The van der Waals surface area contributed by atoms with Crippen LogP contribution in [0, 0.1) is 4.77 Å². The second-order valence-electron chi connectivity index (χ2n) is 7.41. The molecule has 0 saturated carbocycles. The van der Waals surface area contributed by atoms with Crippen LogP contribution in [0.2, 0.25) is 0 Å². The number of benzene rings is 3. The summed E-state index contributed by atoms with van der Waals surface area (Å²) in [6, 6.07) is 21.2. The molecule has 0 bridgehead atoms. The number of nitrogens with zero attached hydrogens (tertiary/aromatic N) is 2. The van der Waals surface area contributed by atoms with Crippen molar-refractivity contribution >= 4 is 28.9 Å².